The molecule has 1 aromatic carbocycles. The van der Waals surface area contributed by atoms with E-state index in [2.05, 4.69) is 29.3 Å². The zero-order valence-electron chi connectivity index (χ0n) is 16.2. The Labute approximate surface area is 167 Å². The highest BCUT2D eigenvalue weighted by atomic mass is 35.5. The number of hydrogen-bond acceptors (Lipinski definition) is 2. The Morgan fingerprint density at radius 2 is 2.07 bits per heavy atom. The Hall–Kier alpha value is -1.75. The second-order valence-electron chi connectivity index (χ2n) is 7.94. The van der Waals surface area contributed by atoms with Crippen LogP contribution in [-0.2, 0) is 10.2 Å². The number of nitrogens with two attached hydrogens (primary N) is 1. The van der Waals surface area contributed by atoms with E-state index in [1.165, 1.54) is 24.8 Å². The number of primary amides is 1. The van der Waals surface area contributed by atoms with E-state index in [1.807, 2.05) is 12.1 Å². The highest BCUT2D eigenvalue weighted by Gasteiger charge is 2.38. The lowest BCUT2D eigenvalue weighted by Gasteiger charge is -2.42. The molecule has 6 heteroatoms. The first-order valence-electron chi connectivity index (χ1n) is 10.1. The first-order chi connectivity index (χ1) is 13.0. The molecular formula is C21H31ClN4O. The van der Waals surface area contributed by atoms with Crippen molar-refractivity contribution in [3.05, 3.63) is 34.9 Å². The van der Waals surface area contributed by atoms with Crippen LogP contribution in [0.1, 0.15) is 51.0 Å². The van der Waals surface area contributed by atoms with Crippen LogP contribution in [0.2, 0.25) is 5.02 Å². The molecule has 3 rings (SSSR count). The van der Waals surface area contributed by atoms with Crippen molar-refractivity contribution >= 4 is 23.5 Å². The van der Waals surface area contributed by atoms with Gasteiger partial charge in [-0.1, -0.05) is 30.2 Å². The van der Waals surface area contributed by atoms with Gasteiger partial charge in [-0.05, 0) is 56.2 Å². The molecule has 1 aliphatic carbocycles. The van der Waals surface area contributed by atoms with E-state index in [9.17, 15) is 4.79 Å². The third-order valence-corrected chi connectivity index (χ3v) is 6.19. The van der Waals surface area contributed by atoms with Crippen LogP contribution >= 0.6 is 11.6 Å². The molecule has 148 valence electrons. The number of nitrogens with zero attached hydrogens (tertiary/aromatic N) is 2. The fourth-order valence-corrected chi connectivity index (χ4v) is 4.43. The quantitative estimate of drug-likeness (QED) is 0.578. The summed E-state index contributed by atoms with van der Waals surface area (Å²) in [4.78, 5) is 18.6. The van der Waals surface area contributed by atoms with Crippen molar-refractivity contribution in [3.8, 4) is 0 Å². The number of hydrogen-bond donors (Lipinski definition) is 2. The number of piperidine rings is 1. The molecule has 0 bridgehead atoms. The van der Waals surface area contributed by atoms with Gasteiger partial charge in [0, 0.05) is 36.5 Å². The van der Waals surface area contributed by atoms with Crippen LogP contribution in [0.15, 0.2) is 29.3 Å². The molecule has 1 saturated heterocycles. The van der Waals surface area contributed by atoms with Crippen molar-refractivity contribution in [2.75, 3.05) is 26.2 Å². The fourth-order valence-electron chi connectivity index (χ4n) is 4.31. The number of benzene rings is 1. The molecule has 2 aliphatic rings. The summed E-state index contributed by atoms with van der Waals surface area (Å²) in [5, 5.41) is 4.22. The van der Waals surface area contributed by atoms with Gasteiger partial charge in [0.15, 0.2) is 5.96 Å². The average molecular weight is 391 g/mol. The number of guanidine groups is 1. The summed E-state index contributed by atoms with van der Waals surface area (Å²) in [6, 6.07) is 8.25. The summed E-state index contributed by atoms with van der Waals surface area (Å²) in [7, 11) is 0. The number of nitrogens with one attached hydrogen (secondary N) is 1. The standard InChI is InChI=1S/C21H31ClN4O/c1-2-24-20(26-12-3-5-16(14-26)13-19(23)27)25-15-21(10-4-11-21)17-6-8-18(22)9-7-17/h6-9,16H,2-5,10-15H2,1H3,(H2,23,27)(H,24,25). The van der Waals surface area contributed by atoms with Crippen LogP contribution in [0.25, 0.3) is 0 Å². The van der Waals surface area contributed by atoms with E-state index in [1.54, 1.807) is 0 Å². The minimum absolute atomic E-state index is 0.133. The van der Waals surface area contributed by atoms with Crippen LogP contribution in [0.3, 0.4) is 0 Å². The molecule has 27 heavy (non-hydrogen) atoms. The number of amides is 1. The first-order valence-corrected chi connectivity index (χ1v) is 10.5. The third kappa shape index (κ3) is 4.95. The lowest BCUT2D eigenvalue weighted by Crippen LogP contribution is -2.48. The van der Waals surface area contributed by atoms with E-state index >= 15 is 0 Å². The largest absolute Gasteiger partial charge is 0.370 e. The maximum atomic E-state index is 11.3. The van der Waals surface area contributed by atoms with Gasteiger partial charge >= 0.3 is 0 Å². The van der Waals surface area contributed by atoms with Crippen LogP contribution in [-0.4, -0.2) is 42.9 Å². The highest BCUT2D eigenvalue weighted by molar-refractivity contribution is 6.30. The van der Waals surface area contributed by atoms with Crippen molar-refractivity contribution in [2.45, 2.75) is 50.9 Å². The van der Waals surface area contributed by atoms with Gasteiger partial charge in [-0.25, -0.2) is 0 Å². The lowest BCUT2D eigenvalue weighted by molar-refractivity contribution is -0.119. The third-order valence-electron chi connectivity index (χ3n) is 5.94. The Balaban J connectivity index is 1.72. The molecule has 1 heterocycles. The first kappa shape index (κ1) is 20.0. The van der Waals surface area contributed by atoms with Crippen molar-refractivity contribution in [1.82, 2.24) is 10.2 Å². The number of carbonyl (C=O) groups is 1. The molecule has 1 aliphatic heterocycles. The maximum Gasteiger partial charge on any atom is 0.217 e. The molecule has 1 aromatic rings. The second-order valence-corrected chi connectivity index (χ2v) is 8.37. The van der Waals surface area contributed by atoms with Crippen LogP contribution < -0.4 is 11.1 Å². The summed E-state index contributed by atoms with van der Waals surface area (Å²) < 4.78 is 0. The molecule has 1 unspecified atom stereocenters. The Morgan fingerprint density at radius 3 is 2.67 bits per heavy atom. The number of likely N-dealkylation sites (tertiary alicyclic amines) is 1. The van der Waals surface area contributed by atoms with Gasteiger partial charge in [-0.3, -0.25) is 9.79 Å². The van der Waals surface area contributed by atoms with Gasteiger partial charge in [0.05, 0.1) is 6.54 Å². The lowest BCUT2D eigenvalue weighted by atomic mass is 9.64. The number of carbonyl (C=O) groups excluding carboxylic acids is 1. The smallest absolute Gasteiger partial charge is 0.217 e. The summed E-state index contributed by atoms with van der Waals surface area (Å²) in [6.45, 7) is 5.55. The minimum atomic E-state index is -0.208. The van der Waals surface area contributed by atoms with Crippen LogP contribution in [0.5, 0.6) is 0 Å². The van der Waals surface area contributed by atoms with Crippen molar-refractivity contribution < 1.29 is 4.79 Å². The number of halogens is 1. The molecule has 1 atom stereocenters. The van der Waals surface area contributed by atoms with E-state index in [0.717, 1.165) is 50.0 Å². The van der Waals surface area contributed by atoms with Gasteiger partial charge in [0.25, 0.3) is 0 Å². The predicted molar refractivity (Wildman–Crippen MR) is 111 cm³/mol. The molecule has 1 saturated carbocycles. The molecule has 5 nitrogen and oxygen atoms in total. The van der Waals surface area contributed by atoms with Gasteiger partial charge in [-0.15, -0.1) is 0 Å². The summed E-state index contributed by atoms with van der Waals surface area (Å²) >= 11 is 6.07. The normalized spacial score (nSPS) is 22.2. The maximum absolute atomic E-state index is 11.3. The molecule has 1 amide bonds. The Bertz CT molecular complexity index is 669. The minimum Gasteiger partial charge on any atom is -0.370 e. The predicted octanol–water partition coefficient (Wildman–Crippen LogP) is 3.31. The van der Waals surface area contributed by atoms with Crippen molar-refractivity contribution in [2.24, 2.45) is 16.6 Å². The molecular weight excluding hydrogens is 360 g/mol. The fraction of sp³-hybridized carbons (Fsp3) is 0.619. The molecule has 3 N–H and O–H groups in total. The van der Waals surface area contributed by atoms with Crippen LogP contribution in [0.4, 0.5) is 0 Å². The van der Waals surface area contributed by atoms with Gasteiger partial charge < -0.3 is 16.0 Å². The van der Waals surface area contributed by atoms with Gasteiger partial charge in [0.2, 0.25) is 5.91 Å². The molecule has 0 aromatic heterocycles. The summed E-state index contributed by atoms with van der Waals surface area (Å²) in [5.74, 6) is 1.08. The van der Waals surface area contributed by atoms with E-state index in [4.69, 9.17) is 22.3 Å². The van der Waals surface area contributed by atoms with E-state index < -0.39 is 0 Å². The summed E-state index contributed by atoms with van der Waals surface area (Å²) in [6.07, 6.45) is 6.19. The number of rotatable bonds is 6. The summed E-state index contributed by atoms with van der Waals surface area (Å²) in [5.41, 5.74) is 6.88. The van der Waals surface area contributed by atoms with Crippen molar-refractivity contribution in [3.63, 3.8) is 0 Å². The molecule has 0 radical (unpaired) electrons. The van der Waals surface area contributed by atoms with Crippen molar-refractivity contribution in [1.29, 1.82) is 0 Å². The Morgan fingerprint density at radius 1 is 1.33 bits per heavy atom. The molecule has 2 fully saturated rings. The SMILES string of the molecule is CCNC(=NCC1(c2ccc(Cl)cc2)CCC1)N1CCCC(CC(N)=O)C1. The molecule has 0 spiro atoms. The average Bonchev–Trinajstić information content (AvgIpc) is 2.61. The second kappa shape index (κ2) is 8.96. The monoisotopic (exact) mass is 390 g/mol. The van der Waals surface area contributed by atoms with Crippen LogP contribution in [0, 0.1) is 5.92 Å². The van der Waals surface area contributed by atoms with Gasteiger partial charge in [-0.2, -0.15) is 0 Å². The Kier molecular flexibility index (Phi) is 6.64. The highest BCUT2D eigenvalue weighted by Crippen LogP contribution is 2.44. The zero-order chi connectivity index (χ0) is 19.3. The van der Waals surface area contributed by atoms with E-state index in [0.29, 0.717) is 12.3 Å². The number of aliphatic imine (C=N–C) groups is 1. The zero-order valence-corrected chi connectivity index (χ0v) is 17.0. The van der Waals surface area contributed by atoms with E-state index in [-0.39, 0.29) is 11.3 Å². The topological polar surface area (TPSA) is 70.7 Å². The van der Waals surface area contributed by atoms with Gasteiger partial charge in [0.1, 0.15) is 0 Å².